The van der Waals surface area contributed by atoms with Gasteiger partial charge in [-0.1, -0.05) is 18.2 Å². The first-order chi connectivity index (χ1) is 15.0. The average molecular weight is 416 g/mol. The van der Waals surface area contributed by atoms with Gasteiger partial charge in [0.05, 0.1) is 24.2 Å². The Morgan fingerprint density at radius 3 is 2.87 bits per heavy atom. The van der Waals surface area contributed by atoms with Crippen molar-refractivity contribution >= 4 is 28.3 Å². The van der Waals surface area contributed by atoms with Crippen LogP contribution in [0.2, 0.25) is 0 Å². The second kappa shape index (κ2) is 8.93. The normalized spacial score (nSPS) is 12.1. The fourth-order valence-corrected chi connectivity index (χ4v) is 3.30. The summed E-state index contributed by atoms with van der Waals surface area (Å²) in [5.74, 6) is 0.982. The largest absolute Gasteiger partial charge is 0.388 e. The quantitative estimate of drug-likeness (QED) is 0.365. The number of H-pyrrole nitrogens is 1. The van der Waals surface area contributed by atoms with Gasteiger partial charge in [0.1, 0.15) is 5.82 Å². The van der Waals surface area contributed by atoms with Gasteiger partial charge in [0.15, 0.2) is 5.82 Å². The van der Waals surface area contributed by atoms with Crippen LogP contribution in [0.4, 0.5) is 11.5 Å². The van der Waals surface area contributed by atoms with Gasteiger partial charge in [-0.3, -0.25) is 9.89 Å². The molecule has 0 saturated carbocycles. The zero-order valence-corrected chi connectivity index (χ0v) is 17.3. The third-order valence-electron chi connectivity index (χ3n) is 4.73. The predicted molar refractivity (Wildman–Crippen MR) is 120 cm³/mol. The summed E-state index contributed by atoms with van der Waals surface area (Å²) < 4.78 is 0. The number of rotatable bonds is 7. The molecule has 158 valence electrons. The number of amides is 1. The number of aliphatic hydroxyl groups excluding tert-OH is 1. The van der Waals surface area contributed by atoms with Gasteiger partial charge >= 0.3 is 0 Å². The molecule has 4 aromatic rings. The van der Waals surface area contributed by atoms with Gasteiger partial charge in [0.2, 0.25) is 5.91 Å². The Balaban J connectivity index is 1.52. The molecule has 2 aromatic heterocycles. The number of fused-ring (bicyclic) bond motifs is 1. The van der Waals surface area contributed by atoms with Gasteiger partial charge in [-0.15, -0.1) is 0 Å². The topological polar surface area (TPSA) is 116 Å². The molecule has 0 radical (unpaired) electrons. The molecule has 2 heterocycles. The lowest BCUT2D eigenvalue weighted by molar-refractivity contribution is -0.123. The third kappa shape index (κ3) is 5.04. The van der Waals surface area contributed by atoms with Crippen LogP contribution in [0.3, 0.4) is 0 Å². The zero-order chi connectivity index (χ0) is 21.8. The standard InChI is InChI=1S/C23H24N6O2/c1-14(2)26-22(31)12-20(30)15-4-3-5-16(10-15)23-24-9-8-21(28-23)27-18-6-7-19-17(11-18)13-25-29-19/h3-11,13-14,20,30H,12H2,1-2H3,(H,25,29)(H,26,31)(H,24,27,28). The van der Waals surface area contributed by atoms with Crippen LogP contribution in [0.15, 0.2) is 60.9 Å². The first-order valence-electron chi connectivity index (χ1n) is 10.1. The fraction of sp³-hybridized carbons (Fsp3) is 0.217. The molecule has 8 nitrogen and oxygen atoms in total. The van der Waals surface area contributed by atoms with E-state index in [0.717, 1.165) is 22.2 Å². The van der Waals surface area contributed by atoms with Crippen molar-refractivity contribution in [3.8, 4) is 11.4 Å². The van der Waals surface area contributed by atoms with Crippen LogP contribution < -0.4 is 10.6 Å². The van der Waals surface area contributed by atoms with Crippen molar-refractivity contribution in [3.05, 3.63) is 66.5 Å². The van der Waals surface area contributed by atoms with E-state index in [-0.39, 0.29) is 18.4 Å². The molecule has 4 rings (SSSR count). The van der Waals surface area contributed by atoms with Crippen molar-refractivity contribution < 1.29 is 9.90 Å². The fourth-order valence-electron chi connectivity index (χ4n) is 3.30. The van der Waals surface area contributed by atoms with E-state index in [1.165, 1.54) is 0 Å². The van der Waals surface area contributed by atoms with Gasteiger partial charge < -0.3 is 15.7 Å². The maximum absolute atomic E-state index is 12.0. The number of aromatic amines is 1. The van der Waals surface area contributed by atoms with Crippen molar-refractivity contribution in [3.63, 3.8) is 0 Å². The number of hydrogen-bond acceptors (Lipinski definition) is 6. The first kappa shape index (κ1) is 20.5. The number of aromatic nitrogens is 4. The lowest BCUT2D eigenvalue weighted by Crippen LogP contribution is -2.31. The van der Waals surface area contributed by atoms with Gasteiger partial charge in [-0.2, -0.15) is 5.10 Å². The van der Waals surface area contributed by atoms with E-state index in [1.807, 2.05) is 50.2 Å². The molecule has 0 bridgehead atoms. The van der Waals surface area contributed by atoms with E-state index in [0.29, 0.717) is 17.2 Å². The summed E-state index contributed by atoms with van der Waals surface area (Å²) in [4.78, 5) is 20.9. The van der Waals surface area contributed by atoms with E-state index >= 15 is 0 Å². The number of anilines is 2. The Kier molecular flexibility index (Phi) is 5.90. The van der Waals surface area contributed by atoms with E-state index in [1.54, 1.807) is 24.5 Å². The number of nitrogens with zero attached hydrogens (tertiary/aromatic N) is 3. The molecule has 8 heteroatoms. The highest BCUT2D eigenvalue weighted by Crippen LogP contribution is 2.25. The molecule has 2 aromatic carbocycles. The zero-order valence-electron chi connectivity index (χ0n) is 17.3. The van der Waals surface area contributed by atoms with Crippen LogP contribution in [-0.2, 0) is 4.79 Å². The van der Waals surface area contributed by atoms with Gasteiger partial charge in [0.25, 0.3) is 0 Å². The maximum atomic E-state index is 12.0. The smallest absolute Gasteiger partial charge is 0.223 e. The highest BCUT2D eigenvalue weighted by atomic mass is 16.3. The minimum Gasteiger partial charge on any atom is -0.388 e. The molecule has 31 heavy (non-hydrogen) atoms. The summed E-state index contributed by atoms with van der Waals surface area (Å²) in [6.45, 7) is 3.77. The summed E-state index contributed by atoms with van der Waals surface area (Å²) in [5, 5.41) is 24.5. The average Bonchev–Trinajstić information content (AvgIpc) is 3.21. The van der Waals surface area contributed by atoms with Crippen molar-refractivity contribution in [1.29, 1.82) is 0 Å². The molecule has 0 fully saturated rings. The molecule has 1 amide bonds. The van der Waals surface area contributed by atoms with Gasteiger partial charge in [-0.25, -0.2) is 9.97 Å². The number of carbonyl (C=O) groups excluding carboxylic acids is 1. The molecule has 4 N–H and O–H groups in total. The predicted octanol–water partition coefficient (Wildman–Crippen LogP) is 3.71. The Labute approximate surface area is 179 Å². The first-order valence-corrected chi connectivity index (χ1v) is 10.1. The molecule has 1 unspecified atom stereocenters. The molecule has 0 aliphatic carbocycles. The van der Waals surface area contributed by atoms with Crippen molar-refractivity contribution in [2.45, 2.75) is 32.4 Å². The summed E-state index contributed by atoms with van der Waals surface area (Å²) in [7, 11) is 0. The molecule has 0 aliphatic rings. The van der Waals surface area contributed by atoms with E-state index in [4.69, 9.17) is 0 Å². The number of carbonyl (C=O) groups is 1. The Bertz CT molecular complexity index is 1200. The van der Waals surface area contributed by atoms with Crippen LogP contribution in [0.5, 0.6) is 0 Å². The van der Waals surface area contributed by atoms with Crippen molar-refractivity contribution in [2.24, 2.45) is 0 Å². The van der Waals surface area contributed by atoms with Crippen molar-refractivity contribution in [2.75, 3.05) is 5.32 Å². The van der Waals surface area contributed by atoms with Crippen molar-refractivity contribution in [1.82, 2.24) is 25.5 Å². The molecule has 0 aliphatic heterocycles. The van der Waals surface area contributed by atoms with E-state index in [9.17, 15) is 9.90 Å². The Hall–Kier alpha value is -3.78. The number of hydrogen-bond donors (Lipinski definition) is 4. The SMILES string of the molecule is CC(C)NC(=O)CC(O)c1cccc(-c2nccc(Nc3ccc4[nH]ncc4c3)n2)c1. The molecular formula is C23H24N6O2. The van der Waals surface area contributed by atoms with Crippen LogP contribution >= 0.6 is 0 Å². The van der Waals surface area contributed by atoms with E-state index < -0.39 is 6.10 Å². The number of nitrogens with one attached hydrogen (secondary N) is 3. The number of benzene rings is 2. The summed E-state index contributed by atoms with van der Waals surface area (Å²) in [6.07, 6.45) is 2.55. The molecular weight excluding hydrogens is 392 g/mol. The minimum atomic E-state index is -0.901. The lowest BCUT2D eigenvalue weighted by atomic mass is 10.0. The molecule has 0 spiro atoms. The maximum Gasteiger partial charge on any atom is 0.223 e. The van der Waals surface area contributed by atoms with E-state index in [2.05, 4.69) is 30.8 Å². The highest BCUT2D eigenvalue weighted by molar-refractivity contribution is 5.82. The minimum absolute atomic E-state index is 0.000570. The van der Waals surface area contributed by atoms with Crippen LogP contribution in [-0.4, -0.2) is 37.2 Å². The highest BCUT2D eigenvalue weighted by Gasteiger charge is 2.15. The lowest BCUT2D eigenvalue weighted by Gasteiger charge is -2.14. The second-order valence-corrected chi connectivity index (χ2v) is 7.63. The Morgan fingerprint density at radius 2 is 2.03 bits per heavy atom. The molecule has 0 saturated heterocycles. The van der Waals surface area contributed by atoms with Crippen LogP contribution in [0, 0.1) is 0 Å². The third-order valence-corrected chi connectivity index (χ3v) is 4.73. The van der Waals surface area contributed by atoms with Crippen LogP contribution in [0.1, 0.15) is 31.9 Å². The van der Waals surface area contributed by atoms with Crippen LogP contribution in [0.25, 0.3) is 22.3 Å². The summed E-state index contributed by atoms with van der Waals surface area (Å²) in [5.41, 5.74) is 3.25. The molecule has 1 atom stereocenters. The summed E-state index contributed by atoms with van der Waals surface area (Å²) in [6, 6.07) is 15.0. The van der Waals surface area contributed by atoms with Gasteiger partial charge in [0, 0.05) is 28.9 Å². The second-order valence-electron chi connectivity index (χ2n) is 7.63. The monoisotopic (exact) mass is 416 g/mol. The number of aliphatic hydroxyl groups is 1. The Morgan fingerprint density at radius 1 is 1.16 bits per heavy atom. The van der Waals surface area contributed by atoms with Gasteiger partial charge in [-0.05, 0) is 49.7 Å². The summed E-state index contributed by atoms with van der Waals surface area (Å²) >= 11 is 0.